The maximum atomic E-state index is 14.7. The molecule has 0 aliphatic carbocycles. The Morgan fingerprint density at radius 1 is 0.321 bits per heavy atom. The van der Waals surface area contributed by atoms with Gasteiger partial charge in [0, 0.05) is 0 Å². The standard InChI is InChI=1S/C59H58O22/c60-55(35-1-11-40(12-2-35)65-21-45-26-70-45)77-33-51(76-32-50-31-75-50)53(80-58(63)38-7-17-43(18-8-38)68-24-48-29-73-48)54(81-59(64)39-9-19-44(20-10-39)69-25-49-30-74-49)52(79-57(62)37-5-15-42(16-6-37)67-23-47-28-72-47)34-78-56(61)36-3-13-41(14-4-36)66-22-46-27-71-46/h1-20,45-54H,21-34H2/t45?,46?,47?,48?,49?,50?,51-,52+,53+,54+/m0/s1. The van der Waals surface area contributed by atoms with Gasteiger partial charge in [-0.2, -0.15) is 0 Å². The van der Waals surface area contributed by atoms with Crippen molar-refractivity contribution in [2.24, 2.45) is 0 Å². The number of hydrogen-bond donors (Lipinski definition) is 0. The summed E-state index contributed by atoms with van der Waals surface area (Å²) < 4.78 is 98.0. The summed E-state index contributed by atoms with van der Waals surface area (Å²) >= 11 is 0. The number of carbonyl (C=O) groups excluding carboxylic acids is 5. The molecule has 6 fully saturated rings. The van der Waals surface area contributed by atoms with Gasteiger partial charge >= 0.3 is 29.8 Å². The predicted octanol–water partition coefficient (Wildman–Crippen LogP) is 5.05. The Hall–Kier alpha value is -7.83. The maximum absolute atomic E-state index is 14.7. The summed E-state index contributed by atoms with van der Waals surface area (Å²) in [6, 6.07) is 30.4. The van der Waals surface area contributed by atoms with E-state index in [0.717, 1.165) is 0 Å². The summed E-state index contributed by atoms with van der Waals surface area (Å²) in [5.41, 5.74) is 0.229. The summed E-state index contributed by atoms with van der Waals surface area (Å²) in [5.74, 6) is -2.34. The fraction of sp³-hybridized carbons (Fsp3) is 0.407. The normalized spacial score (nSPS) is 22.0. The van der Waals surface area contributed by atoms with Crippen LogP contribution >= 0.6 is 0 Å². The minimum atomic E-state index is -1.92. The molecule has 22 nitrogen and oxygen atoms in total. The van der Waals surface area contributed by atoms with E-state index in [1.165, 1.54) is 60.7 Å². The average Bonchev–Trinajstić information content (AvgIpc) is 4.39. The lowest BCUT2D eigenvalue weighted by atomic mass is 10.0. The van der Waals surface area contributed by atoms with Crippen LogP contribution in [0, 0.1) is 0 Å². The zero-order valence-corrected chi connectivity index (χ0v) is 43.7. The summed E-state index contributed by atoms with van der Waals surface area (Å²) in [6.45, 7) is 3.24. The number of hydrogen-bond acceptors (Lipinski definition) is 22. The fourth-order valence-corrected chi connectivity index (χ4v) is 7.81. The van der Waals surface area contributed by atoms with Gasteiger partial charge in [-0.15, -0.1) is 0 Å². The van der Waals surface area contributed by atoms with Crippen LogP contribution in [0.25, 0.3) is 0 Å². The average molecular weight is 1120 g/mol. The van der Waals surface area contributed by atoms with Crippen molar-refractivity contribution in [1.29, 1.82) is 0 Å². The lowest BCUT2D eigenvalue weighted by molar-refractivity contribution is -0.151. The summed E-state index contributed by atoms with van der Waals surface area (Å²) in [6.07, 6.45) is -7.59. The quantitative estimate of drug-likeness (QED) is 0.0302. The molecule has 22 heteroatoms. The first-order valence-electron chi connectivity index (χ1n) is 26.5. The highest BCUT2D eigenvalue weighted by Crippen LogP contribution is 2.28. The van der Waals surface area contributed by atoms with Crippen molar-refractivity contribution in [2.75, 3.05) is 92.5 Å². The zero-order chi connectivity index (χ0) is 55.5. The first-order valence-corrected chi connectivity index (χ1v) is 26.5. The monoisotopic (exact) mass is 1120 g/mol. The smallest absolute Gasteiger partial charge is 0.338 e. The van der Waals surface area contributed by atoms with Crippen LogP contribution in [0.5, 0.6) is 28.7 Å². The highest BCUT2D eigenvalue weighted by atomic mass is 16.7. The third-order valence-electron chi connectivity index (χ3n) is 13.1. The SMILES string of the molecule is O=C(OC[C@H](OCC1CO1)[C@@H](OC(=O)c1ccc(OCC2CO2)cc1)[C@H](OC(=O)c1ccc(OCC2CO2)cc1)[C@@H](COC(=O)c1ccc(OCC2CO2)cc1)OC(=O)c1ccc(OCC2CO2)cc1)c1ccc(OCC2CO2)cc1. The molecule has 0 radical (unpaired) electrons. The first-order chi connectivity index (χ1) is 39.6. The topological polar surface area (TPSA) is 262 Å². The molecule has 6 saturated heterocycles. The van der Waals surface area contributed by atoms with Gasteiger partial charge in [-0.3, -0.25) is 0 Å². The first kappa shape index (κ1) is 55.1. The van der Waals surface area contributed by atoms with Gasteiger partial charge in [0.05, 0.1) is 74.1 Å². The molecule has 6 heterocycles. The van der Waals surface area contributed by atoms with Crippen LogP contribution in [0.4, 0.5) is 0 Å². The Morgan fingerprint density at radius 3 is 0.840 bits per heavy atom. The zero-order valence-electron chi connectivity index (χ0n) is 43.7. The molecule has 11 rings (SSSR count). The molecule has 5 aromatic carbocycles. The molecular weight excluding hydrogens is 1060 g/mol. The van der Waals surface area contributed by atoms with E-state index in [0.29, 0.717) is 101 Å². The van der Waals surface area contributed by atoms with E-state index in [-0.39, 0.29) is 64.9 Å². The largest absolute Gasteiger partial charge is 0.491 e. The second kappa shape index (κ2) is 26.2. The van der Waals surface area contributed by atoms with Crippen molar-refractivity contribution < 1.29 is 104 Å². The molecule has 6 aliphatic heterocycles. The van der Waals surface area contributed by atoms with E-state index in [4.69, 9.17) is 80.5 Å². The van der Waals surface area contributed by atoms with Crippen molar-refractivity contribution >= 4 is 29.8 Å². The van der Waals surface area contributed by atoms with Crippen LogP contribution < -0.4 is 23.7 Å². The summed E-state index contributed by atoms with van der Waals surface area (Å²) in [5, 5.41) is 0. The second-order valence-corrected chi connectivity index (χ2v) is 19.7. The van der Waals surface area contributed by atoms with E-state index in [1.54, 1.807) is 60.7 Å². The van der Waals surface area contributed by atoms with Gasteiger partial charge in [0.2, 0.25) is 0 Å². The predicted molar refractivity (Wildman–Crippen MR) is 276 cm³/mol. The molecule has 0 aromatic heterocycles. The van der Waals surface area contributed by atoms with Gasteiger partial charge in [-0.05, 0) is 121 Å². The Bertz CT molecular complexity index is 2910. The number of ether oxygens (including phenoxy) is 17. The minimum Gasteiger partial charge on any atom is -0.491 e. The molecule has 5 aromatic rings. The Labute approximate surface area is 464 Å². The van der Waals surface area contributed by atoms with Gasteiger partial charge < -0.3 is 80.5 Å². The number of benzene rings is 5. The minimum absolute atomic E-state index is 0.00566. The van der Waals surface area contributed by atoms with Crippen molar-refractivity contribution in [3.8, 4) is 28.7 Å². The summed E-state index contributed by atoms with van der Waals surface area (Å²) in [4.78, 5) is 71.9. The van der Waals surface area contributed by atoms with Gasteiger partial charge in [-0.1, -0.05) is 0 Å². The number of epoxide rings is 6. The van der Waals surface area contributed by atoms with Gasteiger partial charge in [0.15, 0.2) is 18.3 Å². The van der Waals surface area contributed by atoms with Crippen LogP contribution in [0.1, 0.15) is 51.8 Å². The molecule has 426 valence electrons. The highest BCUT2D eigenvalue weighted by molar-refractivity contribution is 5.92. The Balaban J connectivity index is 0.930. The molecule has 0 N–H and O–H groups in total. The van der Waals surface area contributed by atoms with E-state index in [2.05, 4.69) is 0 Å². The Kier molecular flexibility index (Phi) is 17.8. The molecule has 0 amide bonds. The van der Waals surface area contributed by atoms with E-state index in [9.17, 15) is 24.0 Å². The van der Waals surface area contributed by atoms with E-state index >= 15 is 0 Å². The molecule has 6 unspecified atom stereocenters. The second-order valence-electron chi connectivity index (χ2n) is 19.7. The van der Waals surface area contributed by atoms with Crippen molar-refractivity contribution in [2.45, 2.75) is 61.0 Å². The molecular formula is C59H58O22. The van der Waals surface area contributed by atoms with Crippen LogP contribution in [-0.4, -0.2) is 183 Å². The van der Waals surface area contributed by atoms with Crippen LogP contribution in [-0.2, 0) is 56.8 Å². The van der Waals surface area contributed by atoms with Gasteiger partial charge in [-0.25, -0.2) is 24.0 Å². The van der Waals surface area contributed by atoms with E-state index in [1.807, 2.05) is 0 Å². The van der Waals surface area contributed by atoms with Crippen LogP contribution in [0.3, 0.4) is 0 Å². The summed E-state index contributed by atoms with van der Waals surface area (Å²) in [7, 11) is 0. The van der Waals surface area contributed by atoms with Crippen molar-refractivity contribution in [3.05, 3.63) is 149 Å². The maximum Gasteiger partial charge on any atom is 0.338 e. The van der Waals surface area contributed by atoms with Crippen LogP contribution in [0.15, 0.2) is 121 Å². The molecule has 0 spiro atoms. The number of rotatable bonds is 33. The lowest BCUT2D eigenvalue weighted by Crippen LogP contribution is -2.54. The van der Waals surface area contributed by atoms with Gasteiger partial charge in [0.25, 0.3) is 0 Å². The lowest BCUT2D eigenvalue weighted by Gasteiger charge is -2.36. The number of carbonyl (C=O) groups is 5. The molecule has 0 bridgehead atoms. The molecule has 81 heavy (non-hydrogen) atoms. The van der Waals surface area contributed by atoms with Crippen molar-refractivity contribution in [1.82, 2.24) is 0 Å². The third kappa shape index (κ3) is 17.1. The van der Waals surface area contributed by atoms with Gasteiger partial charge in [0.1, 0.15) is 118 Å². The van der Waals surface area contributed by atoms with Crippen LogP contribution in [0.2, 0.25) is 0 Å². The molecule has 6 aliphatic rings. The molecule has 0 saturated carbocycles. The van der Waals surface area contributed by atoms with E-state index < -0.39 is 73.6 Å². The number of esters is 5. The third-order valence-corrected chi connectivity index (χ3v) is 13.1. The fourth-order valence-electron chi connectivity index (χ4n) is 7.81. The Morgan fingerprint density at radius 2 is 0.556 bits per heavy atom. The molecule has 10 atom stereocenters. The highest BCUT2D eigenvalue weighted by Gasteiger charge is 2.46. The van der Waals surface area contributed by atoms with Crippen molar-refractivity contribution in [3.63, 3.8) is 0 Å².